The normalized spacial score (nSPS) is 33.9. The summed E-state index contributed by atoms with van der Waals surface area (Å²) in [7, 11) is 0. The zero-order valence-electron chi connectivity index (χ0n) is 8.57. The summed E-state index contributed by atoms with van der Waals surface area (Å²) < 4.78 is 14.3. The summed E-state index contributed by atoms with van der Waals surface area (Å²) in [5.41, 5.74) is 0.915. The lowest BCUT2D eigenvalue weighted by atomic mass is 9.98. The van der Waals surface area contributed by atoms with Crippen molar-refractivity contribution in [1.29, 1.82) is 0 Å². The van der Waals surface area contributed by atoms with E-state index in [1.54, 1.807) is 0 Å². The van der Waals surface area contributed by atoms with Crippen molar-refractivity contribution in [2.75, 3.05) is 13.2 Å². The topological polar surface area (TPSA) is 39.6 Å². The molecule has 1 aromatic heterocycles. The molecule has 0 unspecified atom stereocenters. The van der Waals surface area contributed by atoms with E-state index in [0.29, 0.717) is 12.7 Å². The molecule has 2 aliphatic heterocycles. The molecule has 2 fully saturated rings. The van der Waals surface area contributed by atoms with Crippen molar-refractivity contribution in [3.63, 3.8) is 0 Å². The molecule has 3 heterocycles. The molecule has 15 heavy (non-hydrogen) atoms. The van der Waals surface area contributed by atoms with Crippen molar-refractivity contribution < 1.29 is 9.47 Å². The second-order valence-electron chi connectivity index (χ2n) is 3.99. The van der Waals surface area contributed by atoms with Crippen LogP contribution in [0.4, 0.5) is 0 Å². The first-order valence-electron chi connectivity index (χ1n) is 5.25. The van der Waals surface area contributed by atoms with Crippen LogP contribution < -0.4 is 0 Å². The molecular formula is C10H13BrN2O2. The van der Waals surface area contributed by atoms with Crippen molar-refractivity contribution in [1.82, 2.24) is 9.78 Å². The first kappa shape index (κ1) is 9.81. The summed E-state index contributed by atoms with van der Waals surface area (Å²) >= 11 is 3.54. The maximum atomic E-state index is 5.82. The summed E-state index contributed by atoms with van der Waals surface area (Å²) in [6.45, 7) is 4.41. The molecule has 0 radical (unpaired) electrons. The van der Waals surface area contributed by atoms with E-state index >= 15 is 0 Å². The number of rotatable bonds is 2. The highest BCUT2D eigenvalue weighted by Gasteiger charge is 2.62. The summed E-state index contributed by atoms with van der Waals surface area (Å²) in [4.78, 5) is 0. The summed E-state index contributed by atoms with van der Waals surface area (Å²) in [5, 5.41) is 4.32. The molecule has 0 saturated carbocycles. The van der Waals surface area contributed by atoms with Crippen LogP contribution in [0.3, 0.4) is 0 Å². The number of fused-ring (bicyclic) bond motifs is 1. The van der Waals surface area contributed by atoms with Gasteiger partial charge < -0.3 is 9.47 Å². The number of aromatic nitrogens is 2. The van der Waals surface area contributed by atoms with E-state index in [1.807, 2.05) is 10.9 Å². The number of epoxide rings is 1. The van der Waals surface area contributed by atoms with Crippen LogP contribution in [0.5, 0.6) is 0 Å². The zero-order valence-corrected chi connectivity index (χ0v) is 10.2. The first-order chi connectivity index (χ1) is 7.28. The standard InChI is InChI=1S/C10H13BrN2O2/c1-2-13-9(7(11)5-12-13)10-6-14-4-3-8(10)15-10/h5,8H,2-4,6H2,1H3/t8-,10+/m1/s1. The lowest BCUT2D eigenvalue weighted by Gasteiger charge is -2.19. The third kappa shape index (κ3) is 1.30. The van der Waals surface area contributed by atoms with E-state index in [9.17, 15) is 0 Å². The average molecular weight is 273 g/mol. The zero-order chi connectivity index (χ0) is 10.5. The Balaban J connectivity index is 2.01. The van der Waals surface area contributed by atoms with Crippen molar-refractivity contribution in [2.24, 2.45) is 0 Å². The highest BCUT2D eigenvalue weighted by molar-refractivity contribution is 9.10. The Morgan fingerprint density at radius 1 is 1.73 bits per heavy atom. The maximum Gasteiger partial charge on any atom is 0.160 e. The van der Waals surface area contributed by atoms with Gasteiger partial charge >= 0.3 is 0 Å². The Hall–Kier alpha value is -0.390. The van der Waals surface area contributed by atoms with E-state index in [4.69, 9.17) is 9.47 Å². The first-order valence-corrected chi connectivity index (χ1v) is 6.04. The van der Waals surface area contributed by atoms with Crippen LogP contribution in [-0.2, 0) is 21.6 Å². The number of aryl methyl sites for hydroxylation is 1. The number of halogens is 1. The fourth-order valence-corrected chi connectivity index (χ4v) is 2.98. The van der Waals surface area contributed by atoms with Gasteiger partial charge in [0.05, 0.1) is 29.1 Å². The van der Waals surface area contributed by atoms with Gasteiger partial charge in [0.2, 0.25) is 0 Å². The van der Waals surface area contributed by atoms with Crippen molar-refractivity contribution in [2.45, 2.75) is 31.6 Å². The van der Waals surface area contributed by atoms with Crippen molar-refractivity contribution >= 4 is 15.9 Å². The quantitative estimate of drug-likeness (QED) is 0.770. The van der Waals surface area contributed by atoms with Gasteiger partial charge in [0.1, 0.15) is 0 Å². The molecule has 82 valence electrons. The van der Waals surface area contributed by atoms with Crippen molar-refractivity contribution in [3.05, 3.63) is 16.4 Å². The van der Waals surface area contributed by atoms with Gasteiger partial charge in [0.15, 0.2) is 5.60 Å². The molecular weight excluding hydrogens is 260 g/mol. The molecule has 0 aliphatic carbocycles. The molecule has 3 rings (SSSR count). The lowest BCUT2D eigenvalue weighted by molar-refractivity contribution is 0.0678. The Kier molecular flexibility index (Phi) is 2.16. The third-order valence-electron chi connectivity index (χ3n) is 3.15. The Bertz CT molecular complexity index is 393. The van der Waals surface area contributed by atoms with Crippen LogP contribution in [0.15, 0.2) is 10.7 Å². The smallest absolute Gasteiger partial charge is 0.160 e. The molecule has 1 aromatic rings. The van der Waals surface area contributed by atoms with Crippen LogP contribution in [0, 0.1) is 0 Å². The number of nitrogens with zero attached hydrogens (tertiary/aromatic N) is 2. The van der Waals surface area contributed by atoms with E-state index in [1.165, 1.54) is 0 Å². The second-order valence-corrected chi connectivity index (χ2v) is 4.85. The van der Waals surface area contributed by atoms with E-state index < -0.39 is 0 Å². The number of hydrogen-bond acceptors (Lipinski definition) is 3. The van der Waals surface area contributed by atoms with E-state index in [2.05, 4.69) is 28.0 Å². The van der Waals surface area contributed by atoms with Gasteiger partial charge in [0, 0.05) is 19.6 Å². The van der Waals surface area contributed by atoms with Crippen molar-refractivity contribution in [3.8, 4) is 0 Å². The van der Waals surface area contributed by atoms with Gasteiger partial charge in [-0.25, -0.2) is 0 Å². The monoisotopic (exact) mass is 272 g/mol. The SMILES string of the molecule is CCn1ncc(Br)c1[C@]12COCC[C@H]1O2. The molecule has 0 aromatic carbocycles. The Morgan fingerprint density at radius 2 is 2.60 bits per heavy atom. The van der Waals surface area contributed by atoms with Gasteiger partial charge in [-0.15, -0.1) is 0 Å². The molecule has 2 saturated heterocycles. The van der Waals surface area contributed by atoms with Gasteiger partial charge in [-0.3, -0.25) is 4.68 Å². The predicted molar refractivity (Wildman–Crippen MR) is 57.6 cm³/mol. The van der Waals surface area contributed by atoms with Gasteiger partial charge in [-0.1, -0.05) is 0 Å². The highest BCUT2D eigenvalue weighted by Crippen LogP contribution is 2.52. The second kappa shape index (κ2) is 3.30. The molecule has 0 spiro atoms. The third-order valence-corrected chi connectivity index (χ3v) is 3.73. The van der Waals surface area contributed by atoms with Crippen LogP contribution in [0.2, 0.25) is 0 Å². The fourth-order valence-electron chi connectivity index (χ4n) is 2.35. The molecule has 0 amide bonds. The minimum Gasteiger partial charge on any atom is -0.378 e. The van der Waals surface area contributed by atoms with Crippen LogP contribution in [-0.4, -0.2) is 29.1 Å². The number of hydrogen-bond donors (Lipinski definition) is 0. The summed E-state index contributed by atoms with van der Waals surface area (Å²) in [6.07, 6.45) is 3.15. The van der Waals surface area contributed by atoms with Crippen LogP contribution in [0.1, 0.15) is 19.0 Å². The van der Waals surface area contributed by atoms with Gasteiger partial charge in [-0.05, 0) is 22.9 Å². The number of ether oxygens (including phenoxy) is 2. The predicted octanol–water partition coefficient (Wildman–Crippen LogP) is 1.68. The minimum atomic E-state index is -0.219. The van der Waals surface area contributed by atoms with Gasteiger partial charge in [-0.2, -0.15) is 5.10 Å². The van der Waals surface area contributed by atoms with E-state index in [-0.39, 0.29) is 5.60 Å². The largest absolute Gasteiger partial charge is 0.378 e. The van der Waals surface area contributed by atoms with E-state index in [0.717, 1.165) is 29.7 Å². The molecule has 2 atom stereocenters. The van der Waals surface area contributed by atoms with Gasteiger partial charge in [0.25, 0.3) is 0 Å². The lowest BCUT2D eigenvalue weighted by Crippen LogP contribution is -2.29. The summed E-state index contributed by atoms with van der Waals surface area (Å²) in [6, 6.07) is 0. The molecule has 4 nitrogen and oxygen atoms in total. The fraction of sp³-hybridized carbons (Fsp3) is 0.700. The molecule has 0 bridgehead atoms. The minimum absolute atomic E-state index is 0.219. The highest BCUT2D eigenvalue weighted by atomic mass is 79.9. The Morgan fingerprint density at radius 3 is 3.33 bits per heavy atom. The molecule has 0 N–H and O–H groups in total. The summed E-state index contributed by atoms with van der Waals surface area (Å²) in [5.74, 6) is 0. The maximum absolute atomic E-state index is 5.82. The van der Waals surface area contributed by atoms with Crippen LogP contribution in [0.25, 0.3) is 0 Å². The molecule has 5 heteroatoms. The van der Waals surface area contributed by atoms with Crippen LogP contribution >= 0.6 is 15.9 Å². The average Bonchev–Trinajstić information content (AvgIpc) is 2.87. The molecule has 2 aliphatic rings. The Labute approximate surface area is 96.7 Å².